The Hall–Kier alpha value is -0.570. The van der Waals surface area contributed by atoms with Gasteiger partial charge in [-0.25, -0.2) is 0 Å². The van der Waals surface area contributed by atoms with E-state index < -0.39 is 0 Å². The number of rotatable bonds is 6. The fourth-order valence-corrected chi connectivity index (χ4v) is 3.66. The molecule has 3 heteroatoms. The Bertz CT molecular complexity index is 358. The van der Waals surface area contributed by atoms with E-state index >= 15 is 0 Å². The lowest BCUT2D eigenvalue weighted by Gasteiger charge is -2.38. The molecule has 1 aliphatic heterocycles. The first-order valence-corrected chi connectivity index (χ1v) is 8.93. The van der Waals surface area contributed by atoms with Crippen LogP contribution in [0.4, 0.5) is 0 Å². The summed E-state index contributed by atoms with van der Waals surface area (Å²) in [6.07, 6.45) is 7.55. The molecule has 1 amide bonds. The predicted octanol–water partition coefficient (Wildman–Crippen LogP) is 3.79. The molecule has 2 aliphatic rings. The molecule has 0 bridgehead atoms. The normalized spacial score (nSPS) is 28.1. The van der Waals surface area contributed by atoms with Gasteiger partial charge in [0.05, 0.1) is 12.2 Å². The van der Waals surface area contributed by atoms with E-state index in [4.69, 9.17) is 0 Å². The van der Waals surface area contributed by atoms with Crippen LogP contribution in [0.1, 0.15) is 73.1 Å². The second kappa shape index (κ2) is 6.68. The highest BCUT2D eigenvalue weighted by molar-refractivity contribution is 5.84. The second-order valence-electron chi connectivity index (χ2n) is 8.11. The highest BCUT2D eigenvalue weighted by Crippen LogP contribution is 2.36. The van der Waals surface area contributed by atoms with Crippen molar-refractivity contribution in [2.45, 2.75) is 85.4 Å². The van der Waals surface area contributed by atoms with Crippen molar-refractivity contribution in [1.29, 1.82) is 0 Å². The minimum Gasteiger partial charge on any atom is -0.325 e. The summed E-state index contributed by atoms with van der Waals surface area (Å²) in [6, 6.07) is 0.0589. The van der Waals surface area contributed by atoms with E-state index in [2.05, 4.69) is 44.8 Å². The largest absolute Gasteiger partial charge is 0.325 e. The van der Waals surface area contributed by atoms with Gasteiger partial charge in [0.2, 0.25) is 5.91 Å². The highest BCUT2D eigenvalue weighted by Gasteiger charge is 2.44. The monoisotopic (exact) mass is 294 g/mol. The molecule has 0 aromatic rings. The van der Waals surface area contributed by atoms with E-state index in [1.807, 2.05) is 0 Å². The maximum absolute atomic E-state index is 12.8. The molecule has 1 saturated heterocycles. The zero-order chi connectivity index (χ0) is 15.6. The zero-order valence-corrected chi connectivity index (χ0v) is 14.6. The summed E-state index contributed by atoms with van der Waals surface area (Å²) in [6.45, 7) is 12.2. The van der Waals surface area contributed by atoms with Crippen molar-refractivity contribution >= 4 is 5.91 Å². The Balaban J connectivity index is 2.14. The third-order valence-electron chi connectivity index (χ3n) is 5.85. The molecule has 3 nitrogen and oxygen atoms in total. The Morgan fingerprint density at radius 1 is 1.29 bits per heavy atom. The zero-order valence-electron chi connectivity index (χ0n) is 14.6. The van der Waals surface area contributed by atoms with Crippen molar-refractivity contribution in [2.75, 3.05) is 6.54 Å². The van der Waals surface area contributed by atoms with Crippen LogP contribution in [0.3, 0.4) is 0 Å². The number of nitrogens with zero attached hydrogens (tertiary/aromatic N) is 1. The summed E-state index contributed by atoms with van der Waals surface area (Å²) >= 11 is 0. The molecule has 2 unspecified atom stereocenters. The summed E-state index contributed by atoms with van der Waals surface area (Å²) in [7, 11) is 0. The van der Waals surface area contributed by atoms with E-state index in [1.54, 1.807) is 0 Å². The van der Waals surface area contributed by atoms with Gasteiger partial charge in [0.15, 0.2) is 0 Å². The van der Waals surface area contributed by atoms with Crippen LogP contribution in [-0.2, 0) is 4.79 Å². The van der Waals surface area contributed by atoms with Crippen LogP contribution in [0.25, 0.3) is 0 Å². The summed E-state index contributed by atoms with van der Waals surface area (Å²) in [5.41, 5.74) is 0.176. The summed E-state index contributed by atoms with van der Waals surface area (Å²) in [5, 5.41) is 3.67. The lowest BCUT2D eigenvalue weighted by Crippen LogP contribution is -2.47. The lowest BCUT2D eigenvalue weighted by atomic mass is 9.80. The van der Waals surface area contributed by atoms with Gasteiger partial charge < -0.3 is 4.90 Å². The molecule has 0 radical (unpaired) electrons. The minimum atomic E-state index is 0.0589. The maximum Gasteiger partial charge on any atom is 0.241 e. The van der Waals surface area contributed by atoms with Gasteiger partial charge in [0, 0.05) is 6.54 Å². The van der Waals surface area contributed by atoms with Crippen LogP contribution in [0.15, 0.2) is 0 Å². The van der Waals surface area contributed by atoms with Crippen LogP contribution in [0, 0.1) is 17.3 Å². The first-order chi connectivity index (χ1) is 9.86. The molecular weight excluding hydrogens is 260 g/mol. The fourth-order valence-electron chi connectivity index (χ4n) is 3.66. The quantitative estimate of drug-likeness (QED) is 0.808. The number of hydrogen-bond acceptors (Lipinski definition) is 2. The van der Waals surface area contributed by atoms with Gasteiger partial charge in [-0.15, -0.1) is 0 Å². The molecule has 2 rings (SSSR count). The molecule has 1 N–H and O–H groups in total. The van der Waals surface area contributed by atoms with Gasteiger partial charge in [0.25, 0.3) is 0 Å². The first kappa shape index (κ1) is 16.8. The van der Waals surface area contributed by atoms with E-state index in [9.17, 15) is 4.79 Å². The Morgan fingerprint density at radius 2 is 1.90 bits per heavy atom. The summed E-state index contributed by atoms with van der Waals surface area (Å²) < 4.78 is 0. The van der Waals surface area contributed by atoms with E-state index in [1.165, 1.54) is 25.7 Å². The van der Waals surface area contributed by atoms with Gasteiger partial charge in [-0.3, -0.25) is 10.1 Å². The summed E-state index contributed by atoms with van der Waals surface area (Å²) in [5.74, 6) is 1.60. The molecule has 122 valence electrons. The fraction of sp³-hybridized carbons (Fsp3) is 0.944. The Morgan fingerprint density at radius 3 is 2.43 bits per heavy atom. The van der Waals surface area contributed by atoms with Crippen LogP contribution in [-0.4, -0.2) is 29.6 Å². The average Bonchev–Trinajstić information content (AvgIpc) is 3.02. The maximum atomic E-state index is 12.8. The van der Waals surface area contributed by atoms with E-state index in [0.29, 0.717) is 17.7 Å². The molecule has 1 aliphatic carbocycles. The molecule has 21 heavy (non-hydrogen) atoms. The predicted molar refractivity (Wildman–Crippen MR) is 87.9 cm³/mol. The summed E-state index contributed by atoms with van der Waals surface area (Å²) in [4.78, 5) is 15.0. The molecule has 1 saturated carbocycles. The van der Waals surface area contributed by atoms with Crippen molar-refractivity contribution < 1.29 is 4.79 Å². The van der Waals surface area contributed by atoms with Crippen molar-refractivity contribution in [3.05, 3.63) is 0 Å². The van der Waals surface area contributed by atoms with Crippen molar-refractivity contribution in [1.82, 2.24) is 10.2 Å². The van der Waals surface area contributed by atoms with Gasteiger partial charge in [-0.05, 0) is 36.5 Å². The standard InChI is InChI=1S/C18H34N2O/c1-6-9-15-17(21)20(12-18(4,5)13(2)3)16(19-15)14-10-7-8-11-14/h13-16,19H,6-12H2,1-5H3. The van der Waals surface area contributed by atoms with E-state index in [0.717, 1.165) is 19.4 Å². The minimum absolute atomic E-state index is 0.0589. The second-order valence-corrected chi connectivity index (χ2v) is 8.11. The lowest BCUT2D eigenvalue weighted by molar-refractivity contribution is -0.132. The van der Waals surface area contributed by atoms with Gasteiger partial charge in [0.1, 0.15) is 0 Å². The Labute approximate surface area is 130 Å². The molecular formula is C18H34N2O. The smallest absolute Gasteiger partial charge is 0.241 e. The van der Waals surface area contributed by atoms with Crippen molar-refractivity contribution in [3.63, 3.8) is 0 Å². The van der Waals surface area contributed by atoms with Gasteiger partial charge >= 0.3 is 0 Å². The number of nitrogens with one attached hydrogen (secondary N) is 1. The highest BCUT2D eigenvalue weighted by atomic mass is 16.2. The number of amides is 1. The van der Waals surface area contributed by atoms with E-state index in [-0.39, 0.29) is 17.6 Å². The molecule has 2 fully saturated rings. The molecule has 2 atom stereocenters. The molecule has 0 aromatic heterocycles. The van der Waals surface area contributed by atoms with Gasteiger partial charge in [-0.1, -0.05) is 53.9 Å². The number of carbonyl (C=O) groups excluding carboxylic acids is 1. The number of hydrogen-bond donors (Lipinski definition) is 1. The van der Waals surface area contributed by atoms with Crippen LogP contribution < -0.4 is 5.32 Å². The molecule has 0 aromatic carbocycles. The molecule has 1 heterocycles. The van der Waals surface area contributed by atoms with Crippen molar-refractivity contribution in [2.24, 2.45) is 17.3 Å². The Kier molecular flexibility index (Phi) is 5.34. The molecule has 0 spiro atoms. The van der Waals surface area contributed by atoms with Crippen LogP contribution in [0.5, 0.6) is 0 Å². The third kappa shape index (κ3) is 3.61. The van der Waals surface area contributed by atoms with Crippen molar-refractivity contribution in [3.8, 4) is 0 Å². The third-order valence-corrected chi connectivity index (χ3v) is 5.85. The first-order valence-electron chi connectivity index (χ1n) is 8.93. The average molecular weight is 294 g/mol. The van der Waals surface area contributed by atoms with Crippen LogP contribution >= 0.6 is 0 Å². The van der Waals surface area contributed by atoms with Crippen LogP contribution in [0.2, 0.25) is 0 Å². The number of carbonyl (C=O) groups is 1. The SMILES string of the molecule is CCCC1NC(C2CCCC2)N(CC(C)(C)C(C)C)C1=O. The topological polar surface area (TPSA) is 32.3 Å². The van der Waals surface area contributed by atoms with Gasteiger partial charge in [-0.2, -0.15) is 0 Å².